The Labute approximate surface area is 116 Å². The molecule has 1 atom stereocenters. The number of halogens is 1. The van der Waals surface area contributed by atoms with Crippen molar-refractivity contribution < 1.29 is 9.53 Å². The summed E-state index contributed by atoms with van der Waals surface area (Å²) < 4.78 is 6.00. The van der Waals surface area contributed by atoms with E-state index < -0.39 is 0 Å². The van der Waals surface area contributed by atoms with E-state index >= 15 is 0 Å². The number of ether oxygens (including phenoxy) is 1. The summed E-state index contributed by atoms with van der Waals surface area (Å²) in [6.07, 6.45) is 1.28. The molecule has 100 valence electrons. The minimum atomic E-state index is -0.00421. The van der Waals surface area contributed by atoms with Crippen LogP contribution in [0, 0.1) is 5.92 Å². The molecule has 0 aliphatic carbocycles. The average Bonchev–Trinajstić information content (AvgIpc) is 2.35. The number of methoxy groups -OCH3 is 1. The molecule has 18 heavy (non-hydrogen) atoms. The monoisotopic (exact) mass is 314 g/mol. The number of nitrogens with one attached hydrogen (secondary N) is 1. The number of hydrogen-bond acceptors (Lipinski definition) is 3. The van der Waals surface area contributed by atoms with Crippen LogP contribution in [0.5, 0.6) is 5.75 Å². The van der Waals surface area contributed by atoms with Crippen molar-refractivity contribution in [1.29, 1.82) is 0 Å². The van der Waals surface area contributed by atoms with Gasteiger partial charge < -0.3 is 15.8 Å². The maximum Gasteiger partial charge on any atom is 0.224 e. The quantitative estimate of drug-likeness (QED) is 0.848. The van der Waals surface area contributed by atoms with Gasteiger partial charge in [-0.1, -0.05) is 22.9 Å². The van der Waals surface area contributed by atoms with Gasteiger partial charge in [0.1, 0.15) is 5.75 Å². The van der Waals surface area contributed by atoms with Crippen LogP contribution in [-0.2, 0) is 4.79 Å². The zero-order valence-electron chi connectivity index (χ0n) is 10.7. The SMILES string of the molecule is COc1cc(Br)cc(NC(=O)CCC(C)CN)c1. The van der Waals surface area contributed by atoms with Gasteiger partial charge in [0.2, 0.25) is 5.91 Å². The first-order chi connectivity index (χ1) is 8.55. The summed E-state index contributed by atoms with van der Waals surface area (Å²) in [6.45, 7) is 2.65. The van der Waals surface area contributed by atoms with E-state index in [0.717, 1.165) is 16.6 Å². The molecule has 1 unspecified atom stereocenters. The summed E-state index contributed by atoms with van der Waals surface area (Å²) in [7, 11) is 1.59. The van der Waals surface area contributed by atoms with Crippen molar-refractivity contribution in [3.63, 3.8) is 0 Å². The Balaban J connectivity index is 2.56. The molecule has 4 nitrogen and oxygen atoms in total. The number of rotatable bonds is 6. The van der Waals surface area contributed by atoms with Crippen LogP contribution in [0.3, 0.4) is 0 Å². The molecule has 0 aromatic heterocycles. The lowest BCUT2D eigenvalue weighted by atomic mass is 10.1. The highest BCUT2D eigenvalue weighted by atomic mass is 79.9. The summed E-state index contributed by atoms with van der Waals surface area (Å²) in [5.41, 5.74) is 6.24. The van der Waals surface area contributed by atoms with Gasteiger partial charge in [0, 0.05) is 22.6 Å². The molecule has 1 rings (SSSR count). The van der Waals surface area contributed by atoms with E-state index in [1.54, 1.807) is 13.2 Å². The maximum atomic E-state index is 11.7. The molecule has 0 heterocycles. The van der Waals surface area contributed by atoms with Crippen LogP contribution in [-0.4, -0.2) is 19.6 Å². The number of benzene rings is 1. The van der Waals surface area contributed by atoms with Gasteiger partial charge in [-0.25, -0.2) is 0 Å². The van der Waals surface area contributed by atoms with Gasteiger partial charge in [0.15, 0.2) is 0 Å². The fraction of sp³-hybridized carbons (Fsp3) is 0.462. The van der Waals surface area contributed by atoms with E-state index in [0.29, 0.717) is 24.6 Å². The van der Waals surface area contributed by atoms with Gasteiger partial charge >= 0.3 is 0 Å². The Morgan fingerprint density at radius 3 is 2.83 bits per heavy atom. The highest BCUT2D eigenvalue weighted by Crippen LogP contribution is 2.24. The predicted molar refractivity (Wildman–Crippen MR) is 76.8 cm³/mol. The van der Waals surface area contributed by atoms with E-state index in [1.165, 1.54) is 0 Å². The summed E-state index contributed by atoms with van der Waals surface area (Å²) in [5.74, 6) is 1.07. The third-order valence-corrected chi connectivity index (χ3v) is 3.12. The highest BCUT2D eigenvalue weighted by molar-refractivity contribution is 9.10. The Bertz CT molecular complexity index is 410. The van der Waals surface area contributed by atoms with Gasteiger partial charge in [-0.3, -0.25) is 4.79 Å². The number of amides is 1. The number of anilines is 1. The minimum absolute atomic E-state index is 0.00421. The van der Waals surface area contributed by atoms with Crippen molar-refractivity contribution >= 4 is 27.5 Å². The van der Waals surface area contributed by atoms with Crippen molar-refractivity contribution in [2.45, 2.75) is 19.8 Å². The lowest BCUT2D eigenvalue weighted by Gasteiger charge is -2.10. The van der Waals surface area contributed by atoms with Crippen LogP contribution in [0.4, 0.5) is 5.69 Å². The minimum Gasteiger partial charge on any atom is -0.497 e. The third-order valence-electron chi connectivity index (χ3n) is 2.66. The average molecular weight is 315 g/mol. The second-order valence-electron chi connectivity index (χ2n) is 4.31. The Kier molecular flexibility index (Phi) is 6.15. The van der Waals surface area contributed by atoms with Crippen LogP contribution in [0.15, 0.2) is 22.7 Å². The van der Waals surface area contributed by atoms with E-state index in [4.69, 9.17) is 10.5 Å². The number of nitrogens with two attached hydrogens (primary N) is 1. The van der Waals surface area contributed by atoms with Crippen molar-refractivity contribution in [3.05, 3.63) is 22.7 Å². The zero-order valence-corrected chi connectivity index (χ0v) is 12.3. The normalized spacial score (nSPS) is 12.0. The topological polar surface area (TPSA) is 64.3 Å². The van der Waals surface area contributed by atoms with Crippen LogP contribution in [0.2, 0.25) is 0 Å². The van der Waals surface area contributed by atoms with Gasteiger partial charge in [-0.2, -0.15) is 0 Å². The lowest BCUT2D eigenvalue weighted by Crippen LogP contribution is -2.16. The molecule has 0 bridgehead atoms. The van der Waals surface area contributed by atoms with Crippen molar-refractivity contribution in [1.82, 2.24) is 0 Å². The second kappa shape index (κ2) is 7.38. The molecule has 5 heteroatoms. The van der Waals surface area contributed by atoms with Gasteiger partial charge in [0.25, 0.3) is 0 Å². The molecule has 0 spiro atoms. The largest absolute Gasteiger partial charge is 0.497 e. The smallest absolute Gasteiger partial charge is 0.224 e. The predicted octanol–water partition coefficient (Wildman–Crippen LogP) is 2.77. The molecule has 1 amide bonds. The van der Waals surface area contributed by atoms with E-state index in [9.17, 15) is 4.79 Å². The van der Waals surface area contributed by atoms with Crippen LogP contribution in [0.1, 0.15) is 19.8 Å². The molecule has 1 aromatic carbocycles. The van der Waals surface area contributed by atoms with Crippen molar-refractivity contribution in [2.75, 3.05) is 19.0 Å². The fourth-order valence-electron chi connectivity index (χ4n) is 1.47. The first-order valence-electron chi connectivity index (χ1n) is 5.89. The molecule has 0 saturated heterocycles. The first-order valence-corrected chi connectivity index (χ1v) is 6.69. The molecule has 0 saturated carbocycles. The van der Waals surface area contributed by atoms with Crippen molar-refractivity contribution in [3.8, 4) is 5.75 Å². The van der Waals surface area contributed by atoms with Crippen LogP contribution >= 0.6 is 15.9 Å². The molecule has 3 N–H and O–H groups in total. The number of carbonyl (C=O) groups excluding carboxylic acids is 1. The zero-order chi connectivity index (χ0) is 13.5. The van der Waals surface area contributed by atoms with Crippen LogP contribution in [0.25, 0.3) is 0 Å². The molecular weight excluding hydrogens is 296 g/mol. The molecule has 1 aromatic rings. The van der Waals surface area contributed by atoms with Crippen molar-refractivity contribution in [2.24, 2.45) is 11.7 Å². The van der Waals surface area contributed by atoms with E-state index in [-0.39, 0.29) is 5.91 Å². The molecule has 0 aliphatic heterocycles. The summed E-state index contributed by atoms with van der Waals surface area (Å²) in [4.78, 5) is 11.7. The van der Waals surface area contributed by atoms with Crippen LogP contribution < -0.4 is 15.8 Å². The molecule has 0 radical (unpaired) electrons. The highest BCUT2D eigenvalue weighted by Gasteiger charge is 2.07. The van der Waals surface area contributed by atoms with E-state index in [2.05, 4.69) is 21.2 Å². The summed E-state index contributed by atoms with van der Waals surface area (Å²) in [6, 6.07) is 5.47. The van der Waals surface area contributed by atoms with Gasteiger partial charge in [-0.15, -0.1) is 0 Å². The molecule has 0 aliphatic rings. The number of hydrogen-bond donors (Lipinski definition) is 2. The summed E-state index contributed by atoms with van der Waals surface area (Å²) in [5, 5.41) is 2.85. The third kappa shape index (κ3) is 5.06. The van der Waals surface area contributed by atoms with Gasteiger partial charge in [0.05, 0.1) is 7.11 Å². The molecule has 0 fully saturated rings. The van der Waals surface area contributed by atoms with E-state index in [1.807, 2.05) is 19.1 Å². The molecular formula is C13H19BrN2O2. The first kappa shape index (κ1) is 15.0. The lowest BCUT2D eigenvalue weighted by molar-refractivity contribution is -0.116. The Hall–Kier alpha value is -1.07. The Morgan fingerprint density at radius 1 is 1.50 bits per heavy atom. The standard InChI is InChI=1S/C13H19BrN2O2/c1-9(8-15)3-4-13(17)16-11-5-10(14)6-12(7-11)18-2/h5-7,9H,3-4,8,15H2,1-2H3,(H,16,17). The summed E-state index contributed by atoms with van der Waals surface area (Å²) >= 11 is 3.37. The maximum absolute atomic E-state index is 11.7. The number of carbonyl (C=O) groups is 1. The van der Waals surface area contributed by atoms with Gasteiger partial charge in [-0.05, 0) is 31.0 Å². The fourth-order valence-corrected chi connectivity index (χ4v) is 1.94. The Morgan fingerprint density at radius 2 is 2.22 bits per heavy atom. The second-order valence-corrected chi connectivity index (χ2v) is 5.22.